The Morgan fingerprint density at radius 3 is 2.19 bits per heavy atom. The zero-order valence-electron chi connectivity index (χ0n) is 18.8. The molecular formula is C29H30O3. The Labute approximate surface area is 190 Å². The van der Waals surface area contributed by atoms with Crippen LogP contribution in [0.5, 0.6) is 0 Å². The van der Waals surface area contributed by atoms with Crippen LogP contribution in [0.15, 0.2) is 91.0 Å². The van der Waals surface area contributed by atoms with E-state index < -0.39 is 5.97 Å². The van der Waals surface area contributed by atoms with Gasteiger partial charge in [-0.1, -0.05) is 79.4 Å². The minimum Gasteiger partial charge on any atom is -0.457 e. The number of aryl methyl sites for hydroxylation is 1. The lowest BCUT2D eigenvalue weighted by Gasteiger charge is -2.14. The second-order valence-electron chi connectivity index (χ2n) is 7.89. The van der Waals surface area contributed by atoms with Gasteiger partial charge in [-0.25, -0.2) is 4.79 Å². The zero-order chi connectivity index (χ0) is 22.9. The highest BCUT2D eigenvalue weighted by Crippen LogP contribution is 2.30. The van der Waals surface area contributed by atoms with Crippen LogP contribution in [0.1, 0.15) is 37.0 Å². The number of esters is 1. The summed E-state index contributed by atoms with van der Waals surface area (Å²) in [4.78, 5) is 12.0. The summed E-state index contributed by atoms with van der Waals surface area (Å²) in [6.45, 7) is 7.52. The van der Waals surface area contributed by atoms with E-state index in [1.807, 2.05) is 31.2 Å². The van der Waals surface area contributed by atoms with Gasteiger partial charge in [-0.2, -0.15) is 0 Å². The Hall–Kier alpha value is -3.43. The molecule has 0 aromatic heterocycles. The molecule has 0 bridgehead atoms. The molecule has 3 rings (SSSR count). The zero-order valence-corrected chi connectivity index (χ0v) is 18.8. The van der Waals surface area contributed by atoms with Gasteiger partial charge < -0.3 is 9.84 Å². The quantitative estimate of drug-likeness (QED) is 0.237. The summed E-state index contributed by atoms with van der Waals surface area (Å²) in [5.41, 5.74) is 7.66. The molecule has 0 atom stereocenters. The summed E-state index contributed by atoms with van der Waals surface area (Å²) >= 11 is 0. The van der Waals surface area contributed by atoms with Gasteiger partial charge in [-0.15, -0.1) is 0 Å². The van der Waals surface area contributed by atoms with E-state index >= 15 is 0 Å². The summed E-state index contributed by atoms with van der Waals surface area (Å²) in [5, 5.41) is 9.32. The molecule has 0 radical (unpaired) electrons. The van der Waals surface area contributed by atoms with Crippen molar-refractivity contribution in [2.24, 2.45) is 0 Å². The first-order valence-electron chi connectivity index (χ1n) is 10.9. The predicted octanol–water partition coefficient (Wildman–Crippen LogP) is 6.64. The average Bonchev–Trinajstić information content (AvgIpc) is 2.83. The molecule has 0 aliphatic rings. The highest BCUT2D eigenvalue weighted by Gasteiger charge is 2.11. The van der Waals surface area contributed by atoms with Crippen LogP contribution in [0, 0.1) is 0 Å². The molecule has 3 aromatic carbocycles. The average molecular weight is 427 g/mol. The van der Waals surface area contributed by atoms with E-state index in [0.717, 1.165) is 46.2 Å². The number of carbonyl (C=O) groups excluding carboxylic acids is 1. The van der Waals surface area contributed by atoms with Crippen LogP contribution < -0.4 is 0 Å². The topological polar surface area (TPSA) is 46.5 Å². The van der Waals surface area contributed by atoms with E-state index in [0.29, 0.717) is 5.57 Å². The number of carbonyl (C=O) groups is 1. The van der Waals surface area contributed by atoms with E-state index in [2.05, 4.69) is 61.2 Å². The molecule has 0 saturated heterocycles. The molecule has 0 amide bonds. The molecule has 0 fully saturated rings. The van der Waals surface area contributed by atoms with Crippen molar-refractivity contribution >= 4 is 5.97 Å². The van der Waals surface area contributed by atoms with Crippen molar-refractivity contribution in [3.63, 3.8) is 0 Å². The third kappa shape index (κ3) is 6.05. The van der Waals surface area contributed by atoms with Crippen LogP contribution in [0.25, 0.3) is 22.3 Å². The Kier molecular flexibility index (Phi) is 8.18. The lowest BCUT2D eigenvalue weighted by Crippen LogP contribution is -2.06. The summed E-state index contributed by atoms with van der Waals surface area (Å²) < 4.78 is 5.48. The van der Waals surface area contributed by atoms with E-state index in [-0.39, 0.29) is 13.2 Å². The fourth-order valence-electron chi connectivity index (χ4n) is 3.51. The highest BCUT2D eigenvalue weighted by molar-refractivity contribution is 5.87. The predicted molar refractivity (Wildman–Crippen MR) is 131 cm³/mol. The molecule has 0 spiro atoms. The number of benzene rings is 3. The highest BCUT2D eigenvalue weighted by atomic mass is 16.5. The first-order valence-corrected chi connectivity index (χ1v) is 10.9. The van der Waals surface area contributed by atoms with Crippen molar-refractivity contribution in [1.29, 1.82) is 0 Å². The maximum atomic E-state index is 12.0. The van der Waals surface area contributed by atoms with Crippen LogP contribution in [0.4, 0.5) is 0 Å². The minimum absolute atomic E-state index is 0.00697. The van der Waals surface area contributed by atoms with Crippen molar-refractivity contribution < 1.29 is 14.6 Å². The number of ether oxygens (including phenoxy) is 1. The van der Waals surface area contributed by atoms with E-state index in [9.17, 15) is 9.90 Å². The van der Waals surface area contributed by atoms with Crippen LogP contribution in [0.2, 0.25) is 0 Å². The normalized spacial score (nSPS) is 11.0. The van der Waals surface area contributed by atoms with Crippen molar-refractivity contribution in [1.82, 2.24) is 0 Å². The number of aliphatic hydroxyl groups is 1. The maximum Gasteiger partial charge on any atom is 0.333 e. The fraction of sp³-hybridized carbons (Fsp3) is 0.207. The minimum atomic E-state index is -0.400. The molecule has 0 aliphatic heterocycles. The van der Waals surface area contributed by atoms with Gasteiger partial charge in [0.25, 0.3) is 0 Å². The molecule has 0 aliphatic carbocycles. The molecule has 3 nitrogen and oxygen atoms in total. The van der Waals surface area contributed by atoms with Gasteiger partial charge in [0.1, 0.15) is 6.61 Å². The standard InChI is InChI=1S/C29H30O3/c1-4-5-6-7-22-8-12-24(13-9-22)26-16-17-28(25-14-10-23(19-30)11-15-25)27(18-26)20-32-29(31)21(2)3/h4-5,8-18,30H,2,6-7,19-20H2,1,3H3/b5-4+. The molecule has 0 saturated carbocycles. The molecule has 3 heteroatoms. The number of hydrogen-bond donors (Lipinski definition) is 1. The Bertz CT molecular complexity index is 1090. The smallest absolute Gasteiger partial charge is 0.333 e. The van der Waals surface area contributed by atoms with Crippen molar-refractivity contribution in [2.75, 3.05) is 0 Å². The van der Waals surface area contributed by atoms with Gasteiger partial charge in [0.05, 0.1) is 6.61 Å². The lowest BCUT2D eigenvalue weighted by molar-refractivity contribution is -0.140. The van der Waals surface area contributed by atoms with Crippen LogP contribution in [0.3, 0.4) is 0 Å². The van der Waals surface area contributed by atoms with Gasteiger partial charge in [0, 0.05) is 5.57 Å². The summed E-state index contributed by atoms with van der Waals surface area (Å²) in [7, 11) is 0. The fourth-order valence-corrected chi connectivity index (χ4v) is 3.51. The van der Waals surface area contributed by atoms with Crippen LogP contribution >= 0.6 is 0 Å². The first-order chi connectivity index (χ1) is 15.5. The first kappa shape index (κ1) is 23.2. The van der Waals surface area contributed by atoms with Gasteiger partial charge >= 0.3 is 5.97 Å². The lowest BCUT2D eigenvalue weighted by atomic mass is 9.94. The summed E-state index contributed by atoms with van der Waals surface area (Å²) in [6, 6.07) is 22.6. The second-order valence-corrected chi connectivity index (χ2v) is 7.89. The van der Waals surface area contributed by atoms with Crippen molar-refractivity contribution in [3.05, 3.63) is 108 Å². The van der Waals surface area contributed by atoms with Gasteiger partial charge in [0.2, 0.25) is 0 Å². The molecule has 1 N–H and O–H groups in total. The Morgan fingerprint density at radius 2 is 1.56 bits per heavy atom. The molecular weight excluding hydrogens is 396 g/mol. The van der Waals surface area contributed by atoms with Crippen LogP contribution in [-0.2, 0) is 29.2 Å². The molecule has 0 heterocycles. The third-order valence-corrected chi connectivity index (χ3v) is 5.38. The van der Waals surface area contributed by atoms with E-state index in [4.69, 9.17) is 4.74 Å². The Balaban J connectivity index is 1.91. The number of rotatable bonds is 9. The number of aliphatic hydroxyl groups excluding tert-OH is 1. The SMILES string of the molecule is C=C(C)C(=O)OCc1cc(-c2ccc(CC/C=C/C)cc2)ccc1-c1ccc(CO)cc1. The van der Waals surface area contributed by atoms with Crippen LogP contribution in [-0.4, -0.2) is 11.1 Å². The largest absolute Gasteiger partial charge is 0.457 e. The van der Waals surface area contributed by atoms with Gasteiger partial charge in [0.15, 0.2) is 0 Å². The monoisotopic (exact) mass is 426 g/mol. The van der Waals surface area contributed by atoms with Crippen molar-refractivity contribution in [3.8, 4) is 22.3 Å². The molecule has 3 aromatic rings. The van der Waals surface area contributed by atoms with E-state index in [1.165, 1.54) is 5.56 Å². The summed E-state index contributed by atoms with van der Waals surface area (Å²) in [6.07, 6.45) is 6.32. The maximum absolute atomic E-state index is 12.0. The number of allylic oxidation sites excluding steroid dienone is 2. The molecule has 164 valence electrons. The van der Waals surface area contributed by atoms with E-state index in [1.54, 1.807) is 6.92 Å². The van der Waals surface area contributed by atoms with Gasteiger partial charge in [-0.3, -0.25) is 0 Å². The Morgan fingerprint density at radius 1 is 0.938 bits per heavy atom. The van der Waals surface area contributed by atoms with Gasteiger partial charge in [-0.05, 0) is 71.7 Å². The van der Waals surface area contributed by atoms with Crippen molar-refractivity contribution in [2.45, 2.75) is 39.9 Å². The molecule has 0 unspecified atom stereocenters. The number of hydrogen-bond acceptors (Lipinski definition) is 3. The molecule has 32 heavy (non-hydrogen) atoms. The second kappa shape index (κ2) is 11.3. The summed E-state index contributed by atoms with van der Waals surface area (Å²) in [5.74, 6) is -0.400. The third-order valence-electron chi connectivity index (χ3n) is 5.38.